The monoisotopic (exact) mass is 315 g/mol. The summed E-state index contributed by atoms with van der Waals surface area (Å²) in [6.45, 7) is 4.65. The third kappa shape index (κ3) is 2.75. The fraction of sp³-hybridized carbons (Fsp3) is 0.667. The Bertz CT molecular complexity index is 452. The maximum absolute atomic E-state index is 10.6. The molecule has 0 saturated carbocycles. The van der Waals surface area contributed by atoms with E-state index in [4.69, 9.17) is 5.11 Å². The summed E-state index contributed by atoms with van der Waals surface area (Å²) in [4.78, 5) is 12.8. The number of hydrogen-bond donors (Lipinski definition) is 1. The summed E-state index contributed by atoms with van der Waals surface area (Å²) in [5.41, 5.74) is 2.25. The van der Waals surface area contributed by atoms with E-state index >= 15 is 0 Å². The first kappa shape index (κ1) is 13.5. The molecular formula is C12H18BrN3O2. The molecule has 0 amide bonds. The number of likely N-dealkylation sites (tertiary alicyclic amines) is 1. The van der Waals surface area contributed by atoms with E-state index in [1.54, 1.807) is 0 Å². The minimum atomic E-state index is -0.699. The first-order chi connectivity index (χ1) is 8.51. The van der Waals surface area contributed by atoms with Crippen LogP contribution in [0.2, 0.25) is 0 Å². The minimum absolute atomic E-state index is 0.281. The van der Waals surface area contributed by atoms with Gasteiger partial charge in [0.15, 0.2) is 0 Å². The third-order valence-electron chi connectivity index (χ3n) is 3.37. The van der Waals surface area contributed by atoms with Crippen molar-refractivity contribution in [1.29, 1.82) is 0 Å². The number of hydrogen-bond acceptors (Lipinski definition) is 3. The lowest BCUT2D eigenvalue weighted by Crippen LogP contribution is -2.47. The van der Waals surface area contributed by atoms with Crippen LogP contribution < -0.4 is 0 Å². The highest BCUT2D eigenvalue weighted by atomic mass is 79.9. The molecule has 0 spiro atoms. The van der Waals surface area contributed by atoms with E-state index in [1.165, 1.54) is 5.69 Å². The normalized spacial score (nSPS) is 16.8. The van der Waals surface area contributed by atoms with Gasteiger partial charge in [-0.05, 0) is 28.3 Å². The molecule has 0 radical (unpaired) electrons. The molecule has 18 heavy (non-hydrogen) atoms. The van der Waals surface area contributed by atoms with Gasteiger partial charge in [0.05, 0.1) is 22.3 Å². The fourth-order valence-electron chi connectivity index (χ4n) is 2.39. The molecule has 0 aliphatic carbocycles. The van der Waals surface area contributed by atoms with Crippen molar-refractivity contribution in [2.45, 2.75) is 26.3 Å². The summed E-state index contributed by atoms with van der Waals surface area (Å²) < 4.78 is 3.00. The van der Waals surface area contributed by atoms with Crippen molar-refractivity contribution in [3.8, 4) is 0 Å². The summed E-state index contributed by atoms with van der Waals surface area (Å²) in [6.07, 6.45) is 1.19. The Morgan fingerprint density at radius 1 is 1.56 bits per heavy atom. The van der Waals surface area contributed by atoms with Crippen LogP contribution in [0, 0.1) is 5.92 Å². The van der Waals surface area contributed by atoms with Gasteiger partial charge < -0.3 is 5.11 Å². The van der Waals surface area contributed by atoms with Gasteiger partial charge in [0, 0.05) is 26.7 Å². The van der Waals surface area contributed by atoms with E-state index < -0.39 is 5.97 Å². The molecule has 1 aliphatic heterocycles. The number of aliphatic carboxylic acids is 1. The molecule has 1 aliphatic rings. The molecule has 0 atom stereocenters. The maximum atomic E-state index is 10.6. The smallest absolute Gasteiger partial charge is 0.303 e. The Morgan fingerprint density at radius 3 is 2.72 bits per heavy atom. The highest BCUT2D eigenvalue weighted by Gasteiger charge is 2.29. The topological polar surface area (TPSA) is 58.4 Å². The van der Waals surface area contributed by atoms with Gasteiger partial charge in [-0.2, -0.15) is 5.10 Å². The van der Waals surface area contributed by atoms with Crippen molar-refractivity contribution in [2.75, 3.05) is 13.1 Å². The average molecular weight is 316 g/mol. The molecule has 0 unspecified atom stereocenters. The van der Waals surface area contributed by atoms with Gasteiger partial charge in [0.2, 0.25) is 0 Å². The molecule has 2 rings (SSSR count). The quantitative estimate of drug-likeness (QED) is 0.897. The number of nitrogens with zero attached hydrogens (tertiary/aromatic N) is 3. The summed E-state index contributed by atoms with van der Waals surface area (Å²) in [6, 6.07) is 0. The standard InChI is InChI=1S/C12H18BrN3O2/c1-3-9-12(13)10(15(2)14-9)7-16-5-8(6-16)4-11(17)18/h8H,3-7H2,1-2H3,(H,17,18). The largest absolute Gasteiger partial charge is 0.481 e. The number of halogens is 1. The van der Waals surface area contributed by atoms with Crippen LogP contribution >= 0.6 is 15.9 Å². The predicted molar refractivity (Wildman–Crippen MR) is 71.3 cm³/mol. The molecule has 1 N–H and O–H groups in total. The van der Waals surface area contributed by atoms with Crippen LogP contribution in [0.25, 0.3) is 0 Å². The van der Waals surface area contributed by atoms with E-state index in [0.29, 0.717) is 5.92 Å². The Balaban J connectivity index is 1.92. The van der Waals surface area contributed by atoms with E-state index in [-0.39, 0.29) is 6.42 Å². The zero-order chi connectivity index (χ0) is 13.3. The van der Waals surface area contributed by atoms with Crippen LogP contribution in [0.3, 0.4) is 0 Å². The van der Waals surface area contributed by atoms with E-state index in [1.807, 2.05) is 11.7 Å². The van der Waals surface area contributed by atoms with Gasteiger partial charge >= 0.3 is 5.97 Å². The summed E-state index contributed by atoms with van der Waals surface area (Å²) in [7, 11) is 1.95. The summed E-state index contributed by atoms with van der Waals surface area (Å²) in [5, 5.41) is 13.2. The Kier molecular flexibility index (Phi) is 4.07. The lowest BCUT2D eigenvalue weighted by atomic mass is 9.96. The number of aryl methyl sites for hydroxylation is 2. The van der Waals surface area contributed by atoms with Crippen LogP contribution in [-0.2, 0) is 24.8 Å². The van der Waals surface area contributed by atoms with Crippen molar-refractivity contribution < 1.29 is 9.90 Å². The first-order valence-corrected chi connectivity index (χ1v) is 6.95. The van der Waals surface area contributed by atoms with E-state index in [2.05, 4.69) is 32.9 Å². The van der Waals surface area contributed by atoms with Gasteiger partial charge in [-0.3, -0.25) is 14.4 Å². The van der Waals surface area contributed by atoms with Gasteiger partial charge in [-0.15, -0.1) is 0 Å². The number of carbonyl (C=O) groups is 1. The zero-order valence-electron chi connectivity index (χ0n) is 10.7. The lowest BCUT2D eigenvalue weighted by Gasteiger charge is -2.38. The molecular weight excluding hydrogens is 298 g/mol. The van der Waals surface area contributed by atoms with Gasteiger partial charge in [0.1, 0.15) is 0 Å². The van der Waals surface area contributed by atoms with Crippen molar-refractivity contribution >= 4 is 21.9 Å². The fourth-order valence-corrected chi connectivity index (χ4v) is 3.13. The number of carboxylic acids is 1. The van der Waals surface area contributed by atoms with E-state index in [0.717, 1.165) is 36.2 Å². The van der Waals surface area contributed by atoms with Crippen LogP contribution in [-0.4, -0.2) is 38.8 Å². The SMILES string of the molecule is CCc1nn(C)c(CN2CC(CC(=O)O)C2)c1Br. The minimum Gasteiger partial charge on any atom is -0.481 e. The molecule has 0 bridgehead atoms. The lowest BCUT2D eigenvalue weighted by molar-refractivity contribution is -0.139. The number of rotatable bonds is 5. The number of carboxylic acid groups (broad SMARTS) is 1. The molecule has 5 nitrogen and oxygen atoms in total. The summed E-state index contributed by atoms with van der Waals surface area (Å²) in [5.74, 6) is -0.394. The maximum Gasteiger partial charge on any atom is 0.303 e. The first-order valence-electron chi connectivity index (χ1n) is 6.15. The van der Waals surface area contributed by atoms with Gasteiger partial charge in [-0.25, -0.2) is 0 Å². The predicted octanol–water partition coefficient (Wildman–Crippen LogP) is 1.65. The molecule has 1 aromatic heterocycles. The summed E-state index contributed by atoms with van der Waals surface area (Å²) >= 11 is 3.60. The van der Waals surface area contributed by atoms with Crippen LogP contribution in [0.15, 0.2) is 4.47 Å². The highest BCUT2D eigenvalue weighted by molar-refractivity contribution is 9.10. The molecule has 1 fully saturated rings. The number of aromatic nitrogens is 2. The van der Waals surface area contributed by atoms with Crippen molar-refractivity contribution in [3.05, 3.63) is 15.9 Å². The average Bonchev–Trinajstić information content (AvgIpc) is 2.52. The van der Waals surface area contributed by atoms with Crippen molar-refractivity contribution in [1.82, 2.24) is 14.7 Å². The second kappa shape index (κ2) is 5.40. The third-order valence-corrected chi connectivity index (χ3v) is 4.29. The van der Waals surface area contributed by atoms with Crippen molar-refractivity contribution in [3.63, 3.8) is 0 Å². The molecule has 2 heterocycles. The molecule has 100 valence electrons. The van der Waals surface area contributed by atoms with Crippen LogP contribution in [0.5, 0.6) is 0 Å². The zero-order valence-corrected chi connectivity index (χ0v) is 12.3. The van der Waals surface area contributed by atoms with E-state index in [9.17, 15) is 4.79 Å². The molecule has 1 aromatic rings. The van der Waals surface area contributed by atoms with Crippen LogP contribution in [0.4, 0.5) is 0 Å². The second-order valence-electron chi connectivity index (χ2n) is 4.84. The van der Waals surface area contributed by atoms with Gasteiger partial charge in [0.25, 0.3) is 0 Å². The van der Waals surface area contributed by atoms with Crippen LogP contribution in [0.1, 0.15) is 24.7 Å². The second-order valence-corrected chi connectivity index (χ2v) is 5.64. The Labute approximate surface area is 115 Å². The molecule has 0 aromatic carbocycles. The Morgan fingerprint density at radius 2 is 2.22 bits per heavy atom. The molecule has 1 saturated heterocycles. The highest BCUT2D eigenvalue weighted by Crippen LogP contribution is 2.26. The molecule has 6 heteroatoms. The Hall–Kier alpha value is -0.880. The van der Waals surface area contributed by atoms with Crippen molar-refractivity contribution in [2.24, 2.45) is 13.0 Å². The van der Waals surface area contributed by atoms with Gasteiger partial charge in [-0.1, -0.05) is 6.92 Å².